The zero-order valence-corrected chi connectivity index (χ0v) is 19.4. The Morgan fingerprint density at radius 3 is 2.29 bits per heavy atom. The zero-order valence-electron chi connectivity index (χ0n) is 19.4. The summed E-state index contributed by atoms with van der Waals surface area (Å²) in [6.45, 7) is 2.22. The highest BCUT2D eigenvalue weighted by Gasteiger charge is 2.25. The second-order valence-electron chi connectivity index (χ2n) is 8.49. The van der Waals surface area contributed by atoms with Gasteiger partial charge in [0.1, 0.15) is 6.54 Å². The molecule has 3 heterocycles. The van der Waals surface area contributed by atoms with E-state index in [9.17, 15) is 14.4 Å². The second-order valence-corrected chi connectivity index (χ2v) is 8.49. The minimum Gasteiger partial charge on any atom is -0.367 e. The van der Waals surface area contributed by atoms with Gasteiger partial charge in [-0.2, -0.15) is 0 Å². The number of hydrogen-bond donors (Lipinski definition) is 1. The number of aryl methyl sites for hydroxylation is 1. The van der Waals surface area contributed by atoms with E-state index in [-0.39, 0.29) is 24.0 Å². The van der Waals surface area contributed by atoms with Crippen molar-refractivity contribution in [3.05, 3.63) is 89.1 Å². The van der Waals surface area contributed by atoms with Gasteiger partial charge in [0.2, 0.25) is 5.91 Å². The molecule has 1 saturated heterocycles. The predicted molar refractivity (Wildman–Crippen MR) is 135 cm³/mol. The summed E-state index contributed by atoms with van der Waals surface area (Å²) in [7, 11) is 1.71. The maximum Gasteiger partial charge on any atom is 0.329 e. The third kappa shape index (κ3) is 4.40. The fourth-order valence-electron chi connectivity index (χ4n) is 4.52. The van der Waals surface area contributed by atoms with Crippen molar-refractivity contribution in [3.63, 3.8) is 0 Å². The average molecular weight is 471 g/mol. The normalized spacial score (nSPS) is 13.7. The summed E-state index contributed by atoms with van der Waals surface area (Å²) in [6.07, 6.45) is 3.26. The Morgan fingerprint density at radius 1 is 0.886 bits per heavy atom. The number of benzene rings is 2. The van der Waals surface area contributed by atoms with Crippen LogP contribution in [0.4, 0.5) is 11.4 Å². The van der Waals surface area contributed by atoms with Crippen LogP contribution >= 0.6 is 0 Å². The first-order valence-corrected chi connectivity index (χ1v) is 11.5. The van der Waals surface area contributed by atoms with Gasteiger partial charge in [-0.25, -0.2) is 4.79 Å². The monoisotopic (exact) mass is 470 g/mol. The summed E-state index contributed by atoms with van der Waals surface area (Å²) in [5.41, 5.74) is 3.44. The molecule has 0 unspecified atom stereocenters. The van der Waals surface area contributed by atoms with E-state index < -0.39 is 0 Å². The van der Waals surface area contributed by atoms with Gasteiger partial charge in [0, 0.05) is 57.0 Å². The molecule has 1 aliphatic heterocycles. The Hall–Kier alpha value is -4.40. The highest BCUT2D eigenvalue weighted by atomic mass is 16.2. The first kappa shape index (κ1) is 22.4. The molecule has 1 aliphatic rings. The number of amides is 2. The van der Waals surface area contributed by atoms with Crippen molar-refractivity contribution in [1.82, 2.24) is 19.0 Å². The molecule has 5 rings (SSSR count). The number of fused-ring (bicyclic) bond motifs is 1. The molecule has 0 bridgehead atoms. The highest BCUT2D eigenvalue weighted by Crippen LogP contribution is 2.23. The van der Waals surface area contributed by atoms with Gasteiger partial charge in [0.25, 0.3) is 5.91 Å². The van der Waals surface area contributed by atoms with Gasteiger partial charge in [-0.15, -0.1) is 0 Å². The maximum absolute atomic E-state index is 13.1. The van der Waals surface area contributed by atoms with Crippen LogP contribution in [-0.4, -0.2) is 57.0 Å². The minimum atomic E-state index is -0.202. The molecule has 1 fully saturated rings. The lowest BCUT2D eigenvalue weighted by Crippen LogP contribution is -2.50. The Balaban J connectivity index is 1.27. The van der Waals surface area contributed by atoms with Crippen LogP contribution in [0.2, 0.25) is 0 Å². The zero-order chi connectivity index (χ0) is 24.4. The molecule has 1 N–H and O–H groups in total. The van der Waals surface area contributed by atoms with E-state index in [1.165, 1.54) is 4.57 Å². The smallest absolute Gasteiger partial charge is 0.329 e. The van der Waals surface area contributed by atoms with Crippen LogP contribution in [0.3, 0.4) is 0 Å². The molecule has 0 aliphatic carbocycles. The van der Waals surface area contributed by atoms with Crippen molar-refractivity contribution >= 4 is 34.2 Å². The molecular formula is C26H26N6O3. The lowest BCUT2D eigenvalue weighted by molar-refractivity contribution is -0.132. The van der Waals surface area contributed by atoms with Crippen molar-refractivity contribution in [2.24, 2.45) is 7.05 Å². The molecule has 9 nitrogen and oxygen atoms in total. The summed E-state index contributed by atoms with van der Waals surface area (Å²) in [4.78, 5) is 46.6. The Morgan fingerprint density at radius 2 is 1.54 bits per heavy atom. The lowest BCUT2D eigenvalue weighted by Gasteiger charge is -2.37. The number of pyridine rings is 1. The van der Waals surface area contributed by atoms with Crippen molar-refractivity contribution < 1.29 is 9.59 Å². The number of hydrogen-bond acceptors (Lipinski definition) is 5. The molecular weight excluding hydrogens is 444 g/mol. The van der Waals surface area contributed by atoms with E-state index in [1.807, 2.05) is 42.5 Å². The van der Waals surface area contributed by atoms with E-state index in [0.717, 1.165) is 16.7 Å². The third-order valence-electron chi connectivity index (χ3n) is 6.41. The molecule has 9 heteroatoms. The molecule has 0 atom stereocenters. The molecule has 4 aromatic rings. The summed E-state index contributed by atoms with van der Waals surface area (Å²) in [5.74, 6) is -0.285. The average Bonchev–Trinajstić information content (AvgIpc) is 3.14. The van der Waals surface area contributed by atoms with Crippen LogP contribution < -0.4 is 15.9 Å². The first-order valence-electron chi connectivity index (χ1n) is 11.5. The second kappa shape index (κ2) is 9.46. The molecule has 2 aromatic carbocycles. The largest absolute Gasteiger partial charge is 0.367 e. The summed E-state index contributed by atoms with van der Waals surface area (Å²) in [6, 6.07) is 18.4. The van der Waals surface area contributed by atoms with E-state index in [0.29, 0.717) is 37.4 Å². The number of carbonyl (C=O) groups excluding carboxylic acids is 2. The molecule has 2 amide bonds. The predicted octanol–water partition coefficient (Wildman–Crippen LogP) is 2.34. The number of imidazole rings is 1. The van der Waals surface area contributed by atoms with Gasteiger partial charge in [0.15, 0.2) is 0 Å². The van der Waals surface area contributed by atoms with Crippen molar-refractivity contribution in [3.8, 4) is 0 Å². The topological polar surface area (TPSA) is 92.5 Å². The molecule has 0 saturated carbocycles. The van der Waals surface area contributed by atoms with Crippen LogP contribution in [0.5, 0.6) is 0 Å². The summed E-state index contributed by atoms with van der Waals surface area (Å²) >= 11 is 0. The Kier molecular flexibility index (Phi) is 6.05. The lowest BCUT2D eigenvalue weighted by atomic mass is 10.1. The van der Waals surface area contributed by atoms with Crippen LogP contribution in [-0.2, 0) is 18.4 Å². The molecule has 178 valence electrons. The van der Waals surface area contributed by atoms with Gasteiger partial charge in [-0.1, -0.05) is 24.3 Å². The standard InChI is InChI=1S/C26H26N6O3/c1-29-22-8-4-5-9-23(22)32(26(29)35)18-24(33)31-16-14-30(15-17-31)21-7-3-2-6-20(21)25(34)28-19-10-12-27-13-11-19/h2-13H,14-18H2,1H3,(H,27,28,34). The van der Waals surface area contributed by atoms with Crippen LogP contribution in [0, 0.1) is 0 Å². The number of piperazine rings is 1. The van der Waals surface area contributed by atoms with Gasteiger partial charge < -0.3 is 15.1 Å². The molecule has 35 heavy (non-hydrogen) atoms. The third-order valence-corrected chi connectivity index (χ3v) is 6.41. The quantitative estimate of drug-likeness (QED) is 0.483. The summed E-state index contributed by atoms with van der Waals surface area (Å²) in [5, 5.41) is 2.91. The van der Waals surface area contributed by atoms with E-state index in [1.54, 1.807) is 47.1 Å². The molecule has 2 aromatic heterocycles. The number of para-hydroxylation sites is 3. The van der Waals surface area contributed by atoms with Gasteiger partial charge in [-0.05, 0) is 36.4 Å². The number of rotatable bonds is 5. The van der Waals surface area contributed by atoms with E-state index >= 15 is 0 Å². The number of nitrogens with one attached hydrogen (secondary N) is 1. The summed E-state index contributed by atoms with van der Waals surface area (Å²) < 4.78 is 3.09. The van der Waals surface area contributed by atoms with Crippen LogP contribution in [0.15, 0.2) is 77.9 Å². The van der Waals surface area contributed by atoms with Crippen LogP contribution in [0.1, 0.15) is 10.4 Å². The highest BCUT2D eigenvalue weighted by molar-refractivity contribution is 6.08. The fourth-order valence-corrected chi connectivity index (χ4v) is 4.52. The maximum atomic E-state index is 13.1. The Bertz CT molecular complexity index is 1430. The molecule has 0 spiro atoms. The van der Waals surface area contributed by atoms with Gasteiger partial charge in [0.05, 0.1) is 16.6 Å². The minimum absolute atomic E-state index is 0.00507. The molecule has 0 radical (unpaired) electrons. The van der Waals surface area contributed by atoms with E-state index in [4.69, 9.17) is 0 Å². The van der Waals surface area contributed by atoms with Crippen LogP contribution in [0.25, 0.3) is 11.0 Å². The van der Waals surface area contributed by atoms with Crippen molar-refractivity contribution in [2.75, 3.05) is 36.4 Å². The number of nitrogens with zero attached hydrogens (tertiary/aromatic N) is 5. The number of anilines is 2. The van der Waals surface area contributed by atoms with Crippen molar-refractivity contribution in [2.45, 2.75) is 6.54 Å². The van der Waals surface area contributed by atoms with Gasteiger partial charge >= 0.3 is 5.69 Å². The van der Waals surface area contributed by atoms with E-state index in [2.05, 4.69) is 15.2 Å². The van der Waals surface area contributed by atoms with Crippen molar-refractivity contribution in [1.29, 1.82) is 0 Å². The number of aromatic nitrogens is 3. The van der Waals surface area contributed by atoms with Gasteiger partial charge in [-0.3, -0.25) is 23.7 Å². The SMILES string of the molecule is Cn1c(=O)n(CC(=O)N2CCN(c3ccccc3C(=O)Nc3ccncc3)CC2)c2ccccc21. The fraction of sp³-hybridized carbons (Fsp3) is 0.231. The first-order chi connectivity index (χ1) is 17.0. The Labute approximate surface area is 202 Å². The number of carbonyl (C=O) groups is 2.